The van der Waals surface area contributed by atoms with Crippen LogP contribution in [0.25, 0.3) is 0 Å². The van der Waals surface area contributed by atoms with Crippen molar-refractivity contribution in [3.05, 3.63) is 40.2 Å². The Kier molecular flexibility index (Phi) is 4.35. The number of anilines is 1. The van der Waals surface area contributed by atoms with Gasteiger partial charge in [-0.2, -0.15) is 0 Å². The standard InChI is InChI=1S/C13H14N2O3S/c1-17-13(16)10-4-6-15-12(11(10)14)18-7-5-9-3-2-8-19-9/h2-4,6,8H,5,7,14H2,1H3. The molecule has 2 aromatic rings. The third kappa shape index (κ3) is 3.23. The molecule has 19 heavy (non-hydrogen) atoms. The highest BCUT2D eigenvalue weighted by Crippen LogP contribution is 2.23. The average Bonchev–Trinajstić information content (AvgIpc) is 2.93. The number of hydrogen-bond donors (Lipinski definition) is 1. The number of methoxy groups -OCH3 is 1. The first-order chi connectivity index (χ1) is 9.22. The Labute approximate surface area is 115 Å². The molecule has 2 N–H and O–H groups in total. The molecule has 6 heteroatoms. The molecule has 5 nitrogen and oxygen atoms in total. The predicted octanol–water partition coefficient (Wildman–Crippen LogP) is 2.13. The molecule has 0 amide bonds. The molecule has 0 radical (unpaired) electrons. The van der Waals surface area contributed by atoms with Crippen molar-refractivity contribution in [1.82, 2.24) is 4.98 Å². The van der Waals surface area contributed by atoms with Gasteiger partial charge >= 0.3 is 5.97 Å². The summed E-state index contributed by atoms with van der Waals surface area (Å²) in [6, 6.07) is 5.54. The van der Waals surface area contributed by atoms with Crippen molar-refractivity contribution in [2.45, 2.75) is 6.42 Å². The van der Waals surface area contributed by atoms with Gasteiger partial charge in [-0.05, 0) is 17.5 Å². The maximum Gasteiger partial charge on any atom is 0.340 e. The van der Waals surface area contributed by atoms with E-state index in [0.29, 0.717) is 6.61 Å². The highest BCUT2D eigenvalue weighted by molar-refractivity contribution is 7.09. The molecule has 0 fully saturated rings. The van der Waals surface area contributed by atoms with Gasteiger partial charge in [0.2, 0.25) is 5.88 Å². The summed E-state index contributed by atoms with van der Waals surface area (Å²) in [6.45, 7) is 0.461. The molecule has 0 aromatic carbocycles. The van der Waals surface area contributed by atoms with Crippen LogP contribution in [0, 0.1) is 0 Å². The molecule has 2 rings (SSSR count). The Hall–Kier alpha value is -2.08. The lowest BCUT2D eigenvalue weighted by atomic mass is 10.2. The molecule has 0 aliphatic carbocycles. The maximum atomic E-state index is 11.5. The number of esters is 1. The number of thiophene rings is 1. The van der Waals surface area contributed by atoms with Crippen molar-refractivity contribution in [2.24, 2.45) is 0 Å². The summed E-state index contributed by atoms with van der Waals surface area (Å²) in [5.74, 6) is -0.234. The molecule has 0 saturated carbocycles. The zero-order valence-corrected chi connectivity index (χ0v) is 11.3. The second-order valence-corrected chi connectivity index (χ2v) is 4.78. The van der Waals surface area contributed by atoms with Crippen LogP contribution >= 0.6 is 11.3 Å². The van der Waals surface area contributed by atoms with Gasteiger partial charge in [-0.1, -0.05) is 6.07 Å². The van der Waals surface area contributed by atoms with E-state index in [2.05, 4.69) is 9.72 Å². The molecule has 0 unspecified atom stereocenters. The number of rotatable bonds is 5. The van der Waals surface area contributed by atoms with E-state index >= 15 is 0 Å². The molecule has 100 valence electrons. The minimum Gasteiger partial charge on any atom is -0.476 e. The van der Waals surface area contributed by atoms with E-state index in [9.17, 15) is 4.79 Å². The van der Waals surface area contributed by atoms with Crippen molar-refractivity contribution in [2.75, 3.05) is 19.5 Å². The third-order valence-electron chi connectivity index (χ3n) is 2.53. The Bertz CT molecular complexity index is 555. The van der Waals surface area contributed by atoms with E-state index in [1.54, 1.807) is 11.3 Å². The fourth-order valence-electron chi connectivity index (χ4n) is 1.56. The van der Waals surface area contributed by atoms with Crippen LogP contribution in [0.3, 0.4) is 0 Å². The summed E-state index contributed by atoms with van der Waals surface area (Å²) in [4.78, 5) is 16.7. The zero-order chi connectivity index (χ0) is 13.7. The first kappa shape index (κ1) is 13.4. The van der Waals surface area contributed by atoms with Gasteiger partial charge in [0.1, 0.15) is 5.69 Å². The van der Waals surface area contributed by atoms with Gasteiger partial charge < -0.3 is 15.2 Å². The van der Waals surface area contributed by atoms with Gasteiger partial charge in [0, 0.05) is 17.5 Å². The van der Waals surface area contributed by atoms with Crippen LogP contribution in [0.4, 0.5) is 5.69 Å². The van der Waals surface area contributed by atoms with Crippen LogP contribution in [0.2, 0.25) is 0 Å². The number of carbonyl (C=O) groups excluding carboxylic acids is 1. The summed E-state index contributed by atoms with van der Waals surface area (Å²) in [5, 5.41) is 2.01. The quantitative estimate of drug-likeness (QED) is 0.848. The molecular formula is C13H14N2O3S. The molecule has 2 aromatic heterocycles. The van der Waals surface area contributed by atoms with Crippen molar-refractivity contribution >= 4 is 23.0 Å². The monoisotopic (exact) mass is 278 g/mol. The van der Waals surface area contributed by atoms with Crippen molar-refractivity contribution in [1.29, 1.82) is 0 Å². The summed E-state index contributed by atoms with van der Waals surface area (Å²) < 4.78 is 10.1. The smallest absolute Gasteiger partial charge is 0.340 e. The summed E-state index contributed by atoms with van der Waals surface area (Å²) in [6.07, 6.45) is 2.25. The topological polar surface area (TPSA) is 74.4 Å². The fraction of sp³-hybridized carbons (Fsp3) is 0.231. The van der Waals surface area contributed by atoms with Crippen molar-refractivity contribution in [3.63, 3.8) is 0 Å². The summed E-state index contributed by atoms with van der Waals surface area (Å²) >= 11 is 1.67. The van der Waals surface area contributed by atoms with E-state index in [1.165, 1.54) is 24.3 Å². The first-order valence-electron chi connectivity index (χ1n) is 5.70. The SMILES string of the molecule is COC(=O)c1ccnc(OCCc2cccs2)c1N. The number of nitrogen functional groups attached to an aromatic ring is 1. The van der Waals surface area contributed by atoms with E-state index in [4.69, 9.17) is 10.5 Å². The van der Waals surface area contributed by atoms with E-state index in [0.717, 1.165) is 6.42 Å². The van der Waals surface area contributed by atoms with Crippen LogP contribution in [-0.2, 0) is 11.2 Å². The molecule has 0 atom stereocenters. The summed E-state index contributed by atoms with van der Waals surface area (Å²) in [7, 11) is 1.31. The number of nitrogens with two attached hydrogens (primary N) is 1. The minimum absolute atomic E-state index is 0.209. The third-order valence-corrected chi connectivity index (χ3v) is 3.46. The van der Waals surface area contributed by atoms with Crippen LogP contribution in [0.15, 0.2) is 29.8 Å². The highest BCUT2D eigenvalue weighted by Gasteiger charge is 2.14. The number of carbonyl (C=O) groups is 1. The van der Waals surface area contributed by atoms with Crippen LogP contribution in [-0.4, -0.2) is 24.7 Å². The molecule has 2 heterocycles. The van der Waals surface area contributed by atoms with E-state index in [1.807, 2.05) is 17.5 Å². The van der Waals surface area contributed by atoms with Crippen molar-refractivity contribution in [3.8, 4) is 5.88 Å². The van der Waals surface area contributed by atoms with Crippen LogP contribution in [0.5, 0.6) is 5.88 Å². The molecular weight excluding hydrogens is 264 g/mol. The Morgan fingerprint density at radius 3 is 3.00 bits per heavy atom. The summed E-state index contributed by atoms with van der Waals surface area (Å²) in [5.41, 5.74) is 6.31. The first-order valence-corrected chi connectivity index (χ1v) is 6.58. The maximum absolute atomic E-state index is 11.5. The largest absolute Gasteiger partial charge is 0.476 e. The van der Waals surface area contributed by atoms with Gasteiger partial charge in [0.25, 0.3) is 0 Å². The fourth-order valence-corrected chi connectivity index (χ4v) is 2.25. The lowest BCUT2D eigenvalue weighted by molar-refractivity contribution is 0.0601. The van der Waals surface area contributed by atoms with Gasteiger partial charge in [-0.25, -0.2) is 9.78 Å². The number of hydrogen-bond acceptors (Lipinski definition) is 6. The Morgan fingerprint density at radius 1 is 1.47 bits per heavy atom. The molecule has 0 bridgehead atoms. The highest BCUT2D eigenvalue weighted by atomic mass is 32.1. The van der Waals surface area contributed by atoms with Gasteiger partial charge in [0.05, 0.1) is 19.3 Å². The molecule has 0 aliphatic rings. The molecule has 0 spiro atoms. The number of nitrogens with zero attached hydrogens (tertiary/aromatic N) is 1. The molecule has 0 saturated heterocycles. The van der Waals surface area contributed by atoms with Gasteiger partial charge in [-0.3, -0.25) is 0 Å². The Balaban J connectivity index is 2.02. The van der Waals surface area contributed by atoms with E-state index < -0.39 is 5.97 Å². The zero-order valence-electron chi connectivity index (χ0n) is 10.5. The van der Waals surface area contributed by atoms with Gasteiger partial charge in [0.15, 0.2) is 0 Å². The second kappa shape index (κ2) is 6.19. The van der Waals surface area contributed by atoms with Crippen LogP contribution in [0.1, 0.15) is 15.2 Å². The lowest BCUT2D eigenvalue weighted by Crippen LogP contribution is -2.10. The lowest BCUT2D eigenvalue weighted by Gasteiger charge is -2.09. The molecule has 0 aliphatic heterocycles. The number of aromatic nitrogens is 1. The average molecular weight is 278 g/mol. The van der Waals surface area contributed by atoms with E-state index in [-0.39, 0.29) is 17.1 Å². The Morgan fingerprint density at radius 2 is 2.32 bits per heavy atom. The van der Waals surface area contributed by atoms with Crippen LogP contribution < -0.4 is 10.5 Å². The van der Waals surface area contributed by atoms with Crippen molar-refractivity contribution < 1.29 is 14.3 Å². The number of ether oxygens (including phenoxy) is 2. The number of pyridine rings is 1. The predicted molar refractivity (Wildman–Crippen MR) is 73.5 cm³/mol. The minimum atomic E-state index is -0.497. The second-order valence-electron chi connectivity index (χ2n) is 3.75. The van der Waals surface area contributed by atoms with Gasteiger partial charge in [-0.15, -0.1) is 11.3 Å². The normalized spacial score (nSPS) is 10.2.